The predicted molar refractivity (Wildman–Crippen MR) is 70.0 cm³/mol. The van der Waals surface area contributed by atoms with Crippen LogP contribution in [0.2, 0.25) is 0 Å². The van der Waals surface area contributed by atoms with Gasteiger partial charge >= 0.3 is 0 Å². The Morgan fingerprint density at radius 3 is 2.71 bits per heavy atom. The molecule has 1 heterocycles. The van der Waals surface area contributed by atoms with Crippen molar-refractivity contribution >= 4 is 5.69 Å². The fraction of sp³-hybridized carbons (Fsp3) is 0.571. The van der Waals surface area contributed by atoms with E-state index in [2.05, 4.69) is 19.2 Å². The molecule has 0 radical (unpaired) electrons. The Morgan fingerprint density at radius 2 is 1.94 bits per heavy atom. The zero-order valence-corrected chi connectivity index (χ0v) is 10.7. The highest BCUT2D eigenvalue weighted by Crippen LogP contribution is 2.32. The van der Waals surface area contributed by atoms with E-state index in [1.165, 1.54) is 12.8 Å². The van der Waals surface area contributed by atoms with E-state index in [-0.39, 0.29) is 0 Å². The lowest BCUT2D eigenvalue weighted by Crippen LogP contribution is -2.15. The largest absolute Gasteiger partial charge is 0.486 e. The number of hydrogen-bond acceptors (Lipinski definition) is 3. The van der Waals surface area contributed by atoms with Gasteiger partial charge in [0.05, 0.1) is 0 Å². The molecule has 0 unspecified atom stereocenters. The van der Waals surface area contributed by atoms with Crippen LogP contribution in [0.3, 0.4) is 0 Å². The number of ether oxygens (including phenoxy) is 2. The average molecular weight is 235 g/mol. The molecule has 0 spiro atoms. The molecule has 0 aromatic heterocycles. The van der Waals surface area contributed by atoms with Crippen LogP contribution in [0.1, 0.15) is 26.7 Å². The molecule has 0 fully saturated rings. The van der Waals surface area contributed by atoms with Gasteiger partial charge in [-0.25, -0.2) is 0 Å². The molecular formula is C14H21NO2. The first-order chi connectivity index (χ1) is 8.25. The fourth-order valence-corrected chi connectivity index (χ4v) is 1.90. The van der Waals surface area contributed by atoms with Crippen LogP contribution >= 0.6 is 0 Å². The molecule has 1 aromatic carbocycles. The van der Waals surface area contributed by atoms with E-state index in [4.69, 9.17) is 9.47 Å². The number of rotatable bonds is 5. The maximum absolute atomic E-state index is 5.54. The van der Waals surface area contributed by atoms with Gasteiger partial charge in [-0.1, -0.05) is 13.8 Å². The highest BCUT2D eigenvalue weighted by molar-refractivity contribution is 5.55. The minimum absolute atomic E-state index is 0.643. The van der Waals surface area contributed by atoms with Crippen LogP contribution in [0.4, 0.5) is 5.69 Å². The summed E-state index contributed by atoms with van der Waals surface area (Å²) in [4.78, 5) is 0. The zero-order valence-electron chi connectivity index (χ0n) is 10.7. The fourth-order valence-electron chi connectivity index (χ4n) is 1.90. The smallest absolute Gasteiger partial charge is 0.163 e. The Balaban J connectivity index is 1.85. The molecule has 0 saturated carbocycles. The second-order valence-electron chi connectivity index (χ2n) is 4.82. The summed E-state index contributed by atoms with van der Waals surface area (Å²) in [5.74, 6) is 2.48. The van der Waals surface area contributed by atoms with Crippen LogP contribution in [-0.2, 0) is 0 Å². The zero-order chi connectivity index (χ0) is 12.1. The number of fused-ring (bicyclic) bond motifs is 1. The van der Waals surface area contributed by atoms with Crippen molar-refractivity contribution in [3.8, 4) is 11.5 Å². The maximum Gasteiger partial charge on any atom is 0.163 e. The monoisotopic (exact) mass is 235 g/mol. The third-order valence-corrected chi connectivity index (χ3v) is 2.83. The van der Waals surface area contributed by atoms with Gasteiger partial charge in [0.1, 0.15) is 13.2 Å². The molecule has 1 N–H and O–H groups in total. The Bertz CT molecular complexity index is 363. The maximum atomic E-state index is 5.54. The molecule has 1 aliphatic heterocycles. The summed E-state index contributed by atoms with van der Waals surface area (Å²) in [7, 11) is 0. The van der Waals surface area contributed by atoms with Gasteiger partial charge in [0.2, 0.25) is 0 Å². The number of benzene rings is 1. The Hall–Kier alpha value is -1.38. The molecule has 94 valence electrons. The molecule has 0 atom stereocenters. The molecule has 1 aliphatic rings. The summed E-state index contributed by atoms with van der Waals surface area (Å²) in [6.07, 6.45) is 2.46. The van der Waals surface area contributed by atoms with Crippen LogP contribution in [0.5, 0.6) is 11.5 Å². The third kappa shape index (κ3) is 3.55. The van der Waals surface area contributed by atoms with Gasteiger partial charge in [0.15, 0.2) is 11.5 Å². The van der Waals surface area contributed by atoms with Crippen LogP contribution in [0.25, 0.3) is 0 Å². The highest BCUT2D eigenvalue weighted by atomic mass is 16.6. The van der Waals surface area contributed by atoms with Crippen LogP contribution in [-0.4, -0.2) is 19.8 Å². The van der Waals surface area contributed by atoms with Crippen molar-refractivity contribution in [2.24, 2.45) is 5.92 Å². The minimum atomic E-state index is 0.643. The Morgan fingerprint density at radius 1 is 1.18 bits per heavy atom. The molecule has 3 heteroatoms. The third-order valence-electron chi connectivity index (χ3n) is 2.83. The number of nitrogens with one attached hydrogen (secondary N) is 1. The standard InChI is InChI=1S/C14H21NO2/c1-11(2)4-3-7-15-12-5-6-13-14(10-12)17-9-8-16-13/h5-6,10-11,15H,3-4,7-9H2,1-2H3. The van der Waals surface area contributed by atoms with Crippen molar-refractivity contribution in [3.05, 3.63) is 18.2 Å². The van der Waals surface area contributed by atoms with Gasteiger partial charge in [-0.2, -0.15) is 0 Å². The van der Waals surface area contributed by atoms with Gasteiger partial charge < -0.3 is 14.8 Å². The molecule has 17 heavy (non-hydrogen) atoms. The van der Waals surface area contributed by atoms with Crippen LogP contribution in [0, 0.1) is 5.92 Å². The topological polar surface area (TPSA) is 30.5 Å². The predicted octanol–water partition coefficient (Wildman–Crippen LogP) is 3.31. The van der Waals surface area contributed by atoms with E-state index in [1.807, 2.05) is 18.2 Å². The average Bonchev–Trinajstić information content (AvgIpc) is 2.34. The van der Waals surface area contributed by atoms with Crippen molar-refractivity contribution in [1.82, 2.24) is 0 Å². The molecule has 0 saturated heterocycles. The summed E-state index contributed by atoms with van der Waals surface area (Å²) in [5, 5.41) is 3.41. The number of hydrogen-bond donors (Lipinski definition) is 1. The van der Waals surface area contributed by atoms with Crippen LogP contribution < -0.4 is 14.8 Å². The normalized spacial score (nSPS) is 13.8. The second-order valence-corrected chi connectivity index (χ2v) is 4.82. The van der Waals surface area contributed by atoms with Crippen LogP contribution in [0.15, 0.2) is 18.2 Å². The van der Waals surface area contributed by atoms with Gasteiger partial charge in [-0.15, -0.1) is 0 Å². The Kier molecular flexibility index (Phi) is 4.13. The van der Waals surface area contributed by atoms with Gasteiger partial charge in [0.25, 0.3) is 0 Å². The summed E-state index contributed by atoms with van der Waals surface area (Å²) in [6, 6.07) is 6.03. The lowest BCUT2D eigenvalue weighted by Gasteiger charge is -2.19. The molecule has 2 rings (SSSR count). The van der Waals surface area contributed by atoms with Gasteiger partial charge in [-0.05, 0) is 30.9 Å². The molecule has 0 aliphatic carbocycles. The van der Waals surface area contributed by atoms with E-state index in [0.717, 1.165) is 29.6 Å². The van der Waals surface area contributed by atoms with E-state index in [1.54, 1.807) is 0 Å². The minimum Gasteiger partial charge on any atom is -0.486 e. The highest BCUT2D eigenvalue weighted by Gasteiger charge is 2.11. The van der Waals surface area contributed by atoms with Gasteiger partial charge in [0, 0.05) is 18.3 Å². The summed E-state index contributed by atoms with van der Waals surface area (Å²) in [6.45, 7) is 6.81. The van der Waals surface area contributed by atoms with Crippen molar-refractivity contribution in [2.75, 3.05) is 25.1 Å². The lowest BCUT2D eigenvalue weighted by molar-refractivity contribution is 0.171. The van der Waals surface area contributed by atoms with E-state index in [9.17, 15) is 0 Å². The SMILES string of the molecule is CC(C)CCCNc1ccc2c(c1)OCCO2. The second kappa shape index (κ2) is 5.80. The van der Waals surface area contributed by atoms with E-state index >= 15 is 0 Å². The van der Waals surface area contributed by atoms with Crippen molar-refractivity contribution in [2.45, 2.75) is 26.7 Å². The quantitative estimate of drug-likeness (QED) is 0.794. The first-order valence-electron chi connectivity index (χ1n) is 6.39. The van der Waals surface area contributed by atoms with Crippen molar-refractivity contribution in [3.63, 3.8) is 0 Å². The number of anilines is 1. The van der Waals surface area contributed by atoms with Crippen molar-refractivity contribution in [1.29, 1.82) is 0 Å². The summed E-state index contributed by atoms with van der Waals surface area (Å²) < 4.78 is 11.0. The van der Waals surface area contributed by atoms with Crippen molar-refractivity contribution < 1.29 is 9.47 Å². The first-order valence-corrected chi connectivity index (χ1v) is 6.39. The summed E-state index contributed by atoms with van der Waals surface area (Å²) in [5.41, 5.74) is 1.11. The molecule has 1 aromatic rings. The van der Waals surface area contributed by atoms with E-state index < -0.39 is 0 Å². The lowest BCUT2D eigenvalue weighted by atomic mass is 10.1. The molecule has 3 nitrogen and oxygen atoms in total. The molecule has 0 amide bonds. The molecule has 0 bridgehead atoms. The Labute approximate surface area is 103 Å². The summed E-state index contributed by atoms with van der Waals surface area (Å²) >= 11 is 0. The molecular weight excluding hydrogens is 214 g/mol. The van der Waals surface area contributed by atoms with Gasteiger partial charge in [-0.3, -0.25) is 0 Å². The van der Waals surface area contributed by atoms with E-state index in [0.29, 0.717) is 13.2 Å². The first kappa shape index (κ1) is 12.1.